The summed E-state index contributed by atoms with van der Waals surface area (Å²) in [5.74, 6) is -0.0624. The summed E-state index contributed by atoms with van der Waals surface area (Å²) in [6, 6.07) is 8.34. The van der Waals surface area contributed by atoms with Crippen molar-refractivity contribution in [3.8, 4) is 6.07 Å². The SMILES string of the molecule is N#Cc1c(/N=C2\C(=O)N(CN3CCCCCC3)c3ccc(Br)cc32)sc2c1CCCC2. The van der Waals surface area contributed by atoms with Crippen LogP contribution in [0.15, 0.2) is 27.7 Å². The van der Waals surface area contributed by atoms with E-state index < -0.39 is 0 Å². The maximum Gasteiger partial charge on any atom is 0.278 e. The highest BCUT2D eigenvalue weighted by Gasteiger charge is 2.36. The first-order chi connectivity index (χ1) is 15.2. The predicted octanol–water partition coefficient (Wildman–Crippen LogP) is 5.56. The van der Waals surface area contributed by atoms with Crippen molar-refractivity contribution in [3.05, 3.63) is 44.2 Å². The highest BCUT2D eigenvalue weighted by molar-refractivity contribution is 9.10. The van der Waals surface area contributed by atoms with Crippen molar-refractivity contribution in [2.45, 2.75) is 51.4 Å². The third kappa shape index (κ3) is 3.97. The fourth-order valence-electron chi connectivity index (χ4n) is 4.86. The number of benzene rings is 1. The Labute approximate surface area is 195 Å². The molecule has 3 heterocycles. The smallest absolute Gasteiger partial charge is 0.278 e. The van der Waals surface area contributed by atoms with Crippen molar-refractivity contribution in [2.75, 3.05) is 24.7 Å². The van der Waals surface area contributed by atoms with Gasteiger partial charge in [-0.2, -0.15) is 5.26 Å². The monoisotopic (exact) mass is 496 g/mol. The Balaban J connectivity index is 1.54. The highest BCUT2D eigenvalue weighted by atomic mass is 79.9. The Hall–Kier alpha value is -2.01. The van der Waals surface area contributed by atoms with Crippen LogP contribution in [0.1, 0.15) is 60.1 Å². The van der Waals surface area contributed by atoms with Gasteiger partial charge >= 0.3 is 0 Å². The summed E-state index contributed by atoms with van der Waals surface area (Å²) in [5.41, 5.74) is 4.05. The van der Waals surface area contributed by atoms with Crippen LogP contribution in [-0.2, 0) is 17.6 Å². The molecule has 160 valence electrons. The lowest BCUT2D eigenvalue weighted by Crippen LogP contribution is -2.41. The lowest BCUT2D eigenvalue weighted by Gasteiger charge is -2.26. The molecule has 0 N–H and O–H groups in total. The van der Waals surface area contributed by atoms with E-state index in [0.29, 0.717) is 22.9 Å². The van der Waals surface area contributed by atoms with Gasteiger partial charge in [-0.1, -0.05) is 28.8 Å². The van der Waals surface area contributed by atoms with Crippen molar-refractivity contribution in [1.82, 2.24) is 4.90 Å². The third-order valence-corrected chi connectivity index (χ3v) is 8.15. The van der Waals surface area contributed by atoms with Gasteiger partial charge in [0.15, 0.2) is 0 Å². The van der Waals surface area contributed by atoms with Gasteiger partial charge in [-0.15, -0.1) is 11.3 Å². The first-order valence-electron chi connectivity index (χ1n) is 11.1. The van der Waals surface area contributed by atoms with Crippen LogP contribution in [-0.4, -0.2) is 36.3 Å². The zero-order valence-corrected chi connectivity index (χ0v) is 19.9. The van der Waals surface area contributed by atoms with E-state index in [1.165, 1.54) is 30.6 Å². The number of amides is 1. The Kier molecular flexibility index (Phi) is 5.96. The van der Waals surface area contributed by atoms with Gasteiger partial charge in [0, 0.05) is 14.9 Å². The number of nitriles is 1. The number of hydrogen-bond acceptors (Lipinski definition) is 5. The first-order valence-corrected chi connectivity index (χ1v) is 12.7. The topological polar surface area (TPSA) is 59.7 Å². The van der Waals surface area contributed by atoms with E-state index >= 15 is 0 Å². The fraction of sp³-hybridized carbons (Fsp3) is 0.458. The van der Waals surface area contributed by atoms with Gasteiger partial charge < -0.3 is 0 Å². The molecule has 1 amide bonds. The van der Waals surface area contributed by atoms with Gasteiger partial charge in [0.1, 0.15) is 16.8 Å². The Morgan fingerprint density at radius 2 is 1.87 bits per heavy atom. The number of aryl methyl sites for hydroxylation is 1. The second-order valence-electron chi connectivity index (χ2n) is 8.53. The molecule has 0 spiro atoms. The number of fused-ring (bicyclic) bond motifs is 2. The molecule has 0 bridgehead atoms. The number of thiophene rings is 1. The van der Waals surface area contributed by atoms with Crippen LogP contribution in [0.25, 0.3) is 0 Å². The van der Waals surface area contributed by atoms with Gasteiger partial charge in [0.05, 0.1) is 17.9 Å². The van der Waals surface area contributed by atoms with Crippen LogP contribution in [0.5, 0.6) is 0 Å². The lowest BCUT2D eigenvalue weighted by molar-refractivity contribution is -0.112. The molecule has 7 heteroatoms. The number of rotatable bonds is 3. The second kappa shape index (κ2) is 8.85. The molecule has 2 aromatic rings. The van der Waals surface area contributed by atoms with Crippen LogP contribution in [0.4, 0.5) is 10.7 Å². The van der Waals surface area contributed by atoms with Crippen molar-refractivity contribution >= 4 is 49.6 Å². The van der Waals surface area contributed by atoms with E-state index in [4.69, 9.17) is 4.99 Å². The van der Waals surface area contributed by atoms with E-state index in [-0.39, 0.29) is 5.91 Å². The number of nitrogens with zero attached hydrogens (tertiary/aromatic N) is 4. The molecule has 0 radical (unpaired) electrons. The summed E-state index contributed by atoms with van der Waals surface area (Å²) >= 11 is 5.15. The molecule has 1 aliphatic carbocycles. The van der Waals surface area contributed by atoms with Crippen LogP contribution in [0.3, 0.4) is 0 Å². The standard InChI is InChI=1S/C24H25BrN4OS/c25-16-9-10-20-18(13-16)22(24(30)29(20)15-28-11-5-1-2-6-12-28)27-23-19(14-26)17-7-3-4-8-21(17)31-23/h9-10,13H,1-8,11-12,15H2/b27-22-. The Bertz CT molecular complexity index is 1090. The van der Waals surface area contributed by atoms with Crippen molar-refractivity contribution < 1.29 is 4.79 Å². The van der Waals surface area contributed by atoms with Crippen molar-refractivity contribution in [3.63, 3.8) is 0 Å². The molecule has 1 aromatic carbocycles. The van der Waals surface area contributed by atoms with Crippen molar-refractivity contribution in [2.24, 2.45) is 4.99 Å². The molecule has 0 unspecified atom stereocenters. The molecular weight excluding hydrogens is 472 g/mol. The molecule has 5 nitrogen and oxygen atoms in total. The minimum atomic E-state index is -0.0624. The normalized spacial score (nSPS) is 20.5. The molecule has 31 heavy (non-hydrogen) atoms. The predicted molar refractivity (Wildman–Crippen MR) is 128 cm³/mol. The summed E-state index contributed by atoms with van der Waals surface area (Å²) < 4.78 is 0.925. The van der Waals surface area contributed by atoms with Gasteiger partial charge in [0.2, 0.25) is 0 Å². The van der Waals surface area contributed by atoms with Gasteiger partial charge in [0.25, 0.3) is 5.91 Å². The number of aliphatic imine (C=N–C) groups is 1. The van der Waals surface area contributed by atoms with E-state index in [1.807, 2.05) is 23.1 Å². The van der Waals surface area contributed by atoms with Crippen LogP contribution in [0, 0.1) is 11.3 Å². The zero-order valence-electron chi connectivity index (χ0n) is 17.5. The maximum atomic E-state index is 13.6. The number of hydrogen-bond donors (Lipinski definition) is 0. The molecule has 1 saturated heterocycles. The van der Waals surface area contributed by atoms with E-state index in [1.54, 1.807) is 11.3 Å². The van der Waals surface area contributed by atoms with E-state index in [0.717, 1.165) is 60.1 Å². The number of anilines is 1. The molecule has 3 aliphatic rings. The molecular formula is C24H25BrN4OS. The maximum absolute atomic E-state index is 13.6. The fourth-order valence-corrected chi connectivity index (χ4v) is 6.43. The zero-order chi connectivity index (χ0) is 21.4. The van der Waals surface area contributed by atoms with E-state index in [2.05, 4.69) is 26.9 Å². The van der Waals surface area contributed by atoms with E-state index in [9.17, 15) is 10.1 Å². The summed E-state index contributed by atoms with van der Waals surface area (Å²) in [4.78, 5) is 23.9. The minimum absolute atomic E-state index is 0.0624. The van der Waals surface area contributed by atoms with Crippen LogP contribution in [0.2, 0.25) is 0 Å². The number of halogens is 1. The average Bonchev–Trinajstić information content (AvgIpc) is 3.09. The minimum Gasteiger partial charge on any atom is -0.293 e. The summed E-state index contributed by atoms with van der Waals surface area (Å²) in [5, 5.41) is 10.5. The largest absolute Gasteiger partial charge is 0.293 e. The molecule has 1 aromatic heterocycles. The molecule has 2 aliphatic heterocycles. The lowest BCUT2D eigenvalue weighted by atomic mass is 9.96. The quantitative estimate of drug-likeness (QED) is 0.558. The summed E-state index contributed by atoms with van der Waals surface area (Å²) in [6.07, 6.45) is 9.12. The first kappa shape index (κ1) is 20.9. The van der Waals surface area contributed by atoms with Gasteiger partial charge in [-0.3, -0.25) is 14.6 Å². The second-order valence-corrected chi connectivity index (χ2v) is 10.5. The van der Waals surface area contributed by atoms with Crippen LogP contribution < -0.4 is 4.90 Å². The molecule has 0 atom stereocenters. The van der Waals surface area contributed by atoms with Gasteiger partial charge in [-0.25, -0.2) is 4.99 Å². The molecule has 0 saturated carbocycles. The number of carbonyl (C=O) groups excluding carboxylic acids is 1. The highest BCUT2D eigenvalue weighted by Crippen LogP contribution is 2.41. The number of likely N-dealkylation sites (tertiary alicyclic amines) is 1. The van der Waals surface area contributed by atoms with Gasteiger partial charge in [-0.05, 0) is 75.4 Å². The third-order valence-electron chi connectivity index (χ3n) is 6.47. The van der Waals surface area contributed by atoms with Crippen LogP contribution >= 0.6 is 27.3 Å². The average molecular weight is 497 g/mol. The van der Waals surface area contributed by atoms with Crippen molar-refractivity contribution in [1.29, 1.82) is 5.26 Å². The summed E-state index contributed by atoms with van der Waals surface area (Å²) in [7, 11) is 0. The number of carbonyl (C=O) groups is 1. The molecule has 5 rings (SSSR count). The molecule has 1 fully saturated rings. The Morgan fingerprint density at radius 1 is 1.10 bits per heavy atom. The Morgan fingerprint density at radius 3 is 2.65 bits per heavy atom. The summed E-state index contributed by atoms with van der Waals surface area (Å²) in [6.45, 7) is 2.65.